The lowest BCUT2D eigenvalue weighted by Gasteiger charge is -2.70. The Hall–Kier alpha value is -1.07. The lowest BCUT2D eigenvalue weighted by Crippen LogP contribution is -2.69. The summed E-state index contributed by atoms with van der Waals surface area (Å²) >= 11 is 0. The minimum atomic E-state index is -1.68. The zero-order valence-corrected chi connectivity index (χ0v) is 33.4. The standard InChI is InChI=1S/C41H68O13/c1-20(2)10-9-13-41(8,54-36-33(50)31(48)30(47)25(53-36)19-52-35-32(49)29(46)24(44)18-51-35)21-11-15-39(6)28(21)22(42)16-26-38(5)14-12-27(45)37(3,4)34(38)23(43)17-40(26,39)7/h10,21,23-36,43-50H,9,11-19H2,1-8H3/t21-,23-,24-,25+,26+,27-,28-,29-,30+,31-,32+,33+,34-,35-,36-,38+,39+,40+,41-/m0/s1. The molecule has 54 heavy (non-hydrogen) atoms. The van der Waals surface area contributed by atoms with Crippen molar-refractivity contribution < 1.29 is 64.6 Å². The zero-order valence-electron chi connectivity index (χ0n) is 33.4. The lowest BCUT2D eigenvalue weighted by atomic mass is 9.34. The molecule has 6 fully saturated rings. The second-order valence-electron chi connectivity index (χ2n) is 19.7. The Kier molecular flexibility index (Phi) is 11.8. The van der Waals surface area contributed by atoms with Crippen LogP contribution in [-0.2, 0) is 23.7 Å². The van der Waals surface area contributed by atoms with E-state index in [1.54, 1.807) is 0 Å². The summed E-state index contributed by atoms with van der Waals surface area (Å²) in [5, 5.41) is 86.6. The predicted molar refractivity (Wildman–Crippen MR) is 195 cm³/mol. The molecule has 2 aliphatic heterocycles. The lowest BCUT2D eigenvalue weighted by molar-refractivity contribution is -0.344. The molecule has 0 aromatic heterocycles. The zero-order chi connectivity index (χ0) is 39.9. The van der Waals surface area contributed by atoms with Crippen LogP contribution in [0.4, 0.5) is 0 Å². The third kappa shape index (κ3) is 6.77. The Morgan fingerprint density at radius 3 is 2.19 bits per heavy atom. The molecule has 8 N–H and O–H groups in total. The van der Waals surface area contributed by atoms with Crippen LogP contribution < -0.4 is 0 Å². The van der Waals surface area contributed by atoms with Gasteiger partial charge in [0.15, 0.2) is 12.6 Å². The minimum Gasteiger partial charge on any atom is -0.393 e. The van der Waals surface area contributed by atoms with E-state index in [1.165, 1.54) is 0 Å². The monoisotopic (exact) mass is 768 g/mol. The number of aliphatic hydroxyl groups excluding tert-OH is 8. The number of carbonyl (C=O) groups excluding carboxylic acids is 1. The normalized spacial score (nSPS) is 51.4. The molecule has 310 valence electrons. The molecule has 0 bridgehead atoms. The molecule has 13 heteroatoms. The number of rotatable bonds is 9. The average Bonchev–Trinajstić information content (AvgIpc) is 3.47. The number of hydrogen-bond donors (Lipinski definition) is 8. The fourth-order valence-corrected chi connectivity index (χ4v) is 12.8. The van der Waals surface area contributed by atoms with Crippen LogP contribution in [0.1, 0.15) is 107 Å². The molecule has 4 saturated carbocycles. The van der Waals surface area contributed by atoms with Crippen LogP contribution in [0.25, 0.3) is 0 Å². The molecule has 0 amide bonds. The van der Waals surface area contributed by atoms with Crippen molar-refractivity contribution in [2.75, 3.05) is 13.2 Å². The third-order valence-electron chi connectivity index (χ3n) is 15.9. The van der Waals surface area contributed by atoms with Crippen LogP contribution >= 0.6 is 0 Å². The van der Waals surface area contributed by atoms with Gasteiger partial charge in [-0.1, -0.05) is 46.3 Å². The second kappa shape index (κ2) is 14.9. The van der Waals surface area contributed by atoms with Gasteiger partial charge in [0, 0.05) is 12.3 Å². The highest BCUT2D eigenvalue weighted by molar-refractivity contribution is 5.84. The van der Waals surface area contributed by atoms with Gasteiger partial charge in [-0.15, -0.1) is 0 Å². The summed E-state index contributed by atoms with van der Waals surface area (Å²) < 4.78 is 23.9. The van der Waals surface area contributed by atoms with Crippen molar-refractivity contribution in [3.05, 3.63) is 11.6 Å². The molecule has 4 aliphatic carbocycles. The molecule has 0 spiro atoms. The van der Waals surface area contributed by atoms with E-state index in [9.17, 15) is 45.6 Å². The molecule has 0 unspecified atom stereocenters. The van der Waals surface area contributed by atoms with Gasteiger partial charge < -0.3 is 59.8 Å². The van der Waals surface area contributed by atoms with Gasteiger partial charge in [-0.2, -0.15) is 0 Å². The number of allylic oxidation sites excluding steroid dienone is 2. The van der Waals surface area contributed by atoms with Gasteiger partial charge in [0.05, 0.1) is 31.0 Å². The summed E-state index contributed by atoms with van der Waals surface area (Å²) in [4.78, 5) is 14.8. The molecule has 0 radical (unpaired) electrons. The van der Waals surface area contributed by atoms with E-state index in [0.29, 0.717) is 38.5 Å². The van der Waals surface area contributed by atoms with Crippen LogP contribution in [0, 0.1) is 45.3 Å². The van der Waals surface area contributed by atoms with E-state index in [2.05, 4.69) is 40.7 Å². The maximum Gasteiger partial charge on any atom is 0.187 e. The van der Waals surface area contributed by atoms with Gasteiger partial charge in [0.25, 0.3) is 0 Å². The van der Waals surface area contributed by atoms with Crippen molar-refractivity contribution >= 4 is 5.78 Å². The largest absolute Gasteiger partial charge is 0.393 e. The summed E-state index contributed by atoms with van der Waals surface area (Å²) in [6.45, 7) is 16.1. The van der Waals surface area contributed by atoms with Gasteiger partial charge in [-0.05, 0) is 105 Å². The first-order valence-electron chi connectivity index (χ1n) is 20.2. The van der Waals surface area contributed by atoms with Crippen LogP contribution in [0.2, 0.25) is 0 Å². The SMILES string of the molecule is CC(C)=CCC[C@](C)(O[C@@H]1O[C@H](CO[C@@H]2OC[C@H](O)[C@H](O)[C@H]2O)[C@@H](O)[C@H](O)[C@H]1O)[C@H]1CC[C@]2(C)[C@@H]1C(=O)C[C@@H]1[C@@]3(C)CC[C@H](O)C(C)(C)[C@@H]3[C@@H](O)C[C@]12C. The molecule has 0 aromatic rings. The van der Waals surface area contributed by atoms with Crippen LogP contribution in [0.5, 0.6) is 0 Å². The fourth-order valence-electron chi connectivity index (χ4n) is 12.8. The first-order chi connectivity index (χ1) is 25.0. The molecule has 13 nitrogen and oxygen atoms in total. The molecular weight excluding hydrogens is 700 g/mol. The molecule has 6 aliphatic rings. The summed E-state index contributed by atoms with van der Waals surface area (Å²) in [7, 11) is 0. The van der Waals surface area contributed by atoms with Crippen molar-refractivity contribution in [2.45, 2.75) is 180 Å². The van der Waals surface area contributed by atoms with Crippen molar-refractivity contribution in [3.8, 4) is 0 Å². The number of carbonyl (C=O) groups is 1. The molecule has 2 saturated heterocycles. The van der Waals surface area contributed by atoms with Crippen molar-refractivity contribution in [2.24, 2.45) is 45.3 Å². The van der Waals surface area contributed by atoms with Crippen molar-refractivity contribution in [1.29, 1.82) is 0 Å². The minimum absolute atomic E-state index is 0.0208. The Balaban J connectivity index is 1.28. The smallest absolute Gasteiger partial charge is 0.187 e. The van der Waals surface area contributed by atoms with Crippen LogP contribution in [0.15, 0.2) is 11.6 Å². The Morgan fingerprint density at radius 1 is 0.852 bits per heavy atom. The van der Waals surface area contributed by atoms with E-state index in [4.69, 9.17) is 18.9 Å². The van der Waals surface area contributed by atoms with Crippen LogP contribution in [-0.4, -0.2) is 133 Å². The van der Waals surface area contributed by atoms with Gasteiger partial charge in [-0.25, -0.2) is 0 Å². The van der Waals surface area contributed by atoms with Gasteiger partial charge in [0.2, 0.25) is 0 Å². The van der Waals surface area contributed by atoms with Crippen LogP contribution in [0.3, 0.4) is 0 Å². The molecular formula is C41H68O13. The van der Waals surface area contributed by atoms with Gasteiger partial charge in [-0.3, -0.25) is 4.79 Å². The van der Waals surface area contributed by atoms with Crippen molar-refractivity contribution in [1.82, 2.24) is 0 Å². The number of aliphatic hydroxyl groups is 8. The Labute approximate surface area is 320 Å². The van der Waals surface area contributed by atoms with Gasteiger partial charge in [0.1, 0.15) is 48.5 Å². The molecule has 19 atom stereocenters. The first kappa shape index (κ1) is 42.5. The van der Waals surface area contributed by atoms with E-state index >= 15 is 0 Å². The molecule has 0 aromatic carbocycles. The quantitative estimate of drug-likeness (QED) is 0.158. The number of hydrogen-bond acceptors (Lipinski definition) is 13. The fraction of sp³-hybridized carbons (Fsp3) is 0.927. The van der Waals surface area contributed by atoms with E-state index < -0.39 is 96.5 Å². The number of ketones is 1. The average molecular weight is 769 g/mol. The van der Waals surface area contributed by atoms with E-state index in [1.807, 2.05) is 20.8 Å². The number of ether oxygens (including phenoxy) is 4. The van der Waals surface area contributed by atoms with Gasteiger partial charge >= 0.3 is 0 Å². The summed E-state index contributed by atoms with van der Waals surface area (Å²) in [6.07, 6.45) is -7.57. The topological polar surface area (TPSA) is 216 Å². The highest BCUT2D eigenvalue weighted by atomic mass is 16.7. The Morgan fingerprint density at radius 2 is 1.52 bits per heavy atom. The van der Waals surface area contributed by atoms with E-state index in [0.717, 1.165) is 18.4 Å². The highest BCUT2D eigenvalue weighted by Crippen LogP contribution is 2.75. The molecule has 2 heterocycles. The summed E-state index contributed by atoms with van der Waals surface area (Å²) in [5.74, 6) is -0.661. The highest BCUT2D eigenvalue weighted by Gasteiger charge is 2.73. The first-order valence-corrected chi connectivity index (χ1v) is 20.2. The van der Waals surface area contributed by atoms with Crippen molar-refractivity contribution in [3.63, 3.8) is 0 Å². The van der Waals surface area contributed by atoms with E-state index in [-0.39, 0.29) is 41.0 Å². The maximum absolute atomic E-state index is 14.8. The predicted octanol–water partition coefficient (Wildman–Crippen LogP) is 1.97. The second-order valence-corrected chi connectivity index (χ2v) is 19.7. The maximum atomic E-state index is 14.8. The molecule has 6 rings (SSSR count). The number of fused-ring (bicyclic) bond motifs is 5. The Bertz CT molecular complexity index is 1400. The summed E-state index contributed by atoms with van der Waals surface area (Å²) in [6, 6.07) is 0. The number of Topliss-reactive ketones (excluding diaryl/α,β-unsaturated/α-hetero) is 1. The third-order valence-corrected chi connectivity index (χ3v) is 15.9. The summed E-state index contributed by atoms with van der Waals surface area (Å²) in [5.41, 5.74) is -1.63.